The summed E-state index contributed by atoms with van der Waals surface area (Å²) < 4.78 is 6.12. The van der Waals surface area contributed by atoms with Crippen molar-refractivity contribution in [3.05, 3.63) is 100 Å². The number of hydrogen-bond donors (Lipinski definition) is 1. The van der Waals surface area contributed by atoms with Crippen molar-refractivity contribution in [3.63, 3.8) is 0 Å². The van der Waals surface area contributed by atoms with Gasteiger partial charge in [-0.3, -0.25) is 0 Å². The molecule has 0 aliphatic heterocycles. The standard InChI is InChI=1S/C25H23BrO3S/c1-2-18-7-6-10-20(15-18)22(19-8-4-3-5-9-19)13-14-30-24-12-11-21(16-23(24)26)29-17-25(27)28/h3-13,15-16H,2,14,17H2,1H3,(H,27,28)/b22-13-. The summed E-state index contributed by atoms with van der Waals surface area (Å²) in [6, 6.07) is 24.7. The van der Waals surface area contributed by atoms with Crippen LogP contribution in [0.3, 0.4) is 0 Å². The first-order chi connectivity index (χ1) is 14.6. The van der Waals surface area contributed by atoms with Crippen molar-refractivity contribution in [2.75, 3.05) is 12.4 Å². The topological polar surface area (TPSA) is 46.5 Å². The van der Waals surface area contributed by atoms with Crippen LogP contribution in [0.1, 0.15) is 23.6 Å². The Morgan fingerprint density at radius 3 is 2.50 bits per heavy atom. The number of hydrogen-bond acceptors (Lipinski definition) is 3. The highest BCUT2D eigenvalue weighted by Gasteiger charge is 2.08. The molecule has 3 aromatic carbocycles. The van der Waals surface area contributed by atoms with E-state index in [1.54, 1.807) is 23.9 Å². The first kappa shape index (κ1) is 22.2. The summed E-state index contributed by atoms with van der Waals surface area (Å²) in [5.74, 6) is 0.343. The predicted octanol–water partition coefficient (Wildman–Crippen LogP) is 6.70. The summed E-state index contributed by atoms with van der Waals surface area (Å²) in [7, 11) is 0. The molecule has 0 bridgehead atoms. The third-order valence-electron chi connectivity index (χ3n) is 4.52. The molecule has 3 nitrogen and oxygen atoms in total. The first-order valence-electron chi connectivity index (χ1n) is 9.68. The number of thioether (sulfide) groups is 1. The highest BCUT2D eigenvalue weighted by atomic mass is 79.9. The maximum Gasteiger partial charge on any atom is 0.341 e. The quantitative estimate of drug-likeness (QED) is 0.344. The minimum Gasteiger partial charge on any atom is -0.482 e. The normalized spacial score (nSPS) is 11.3. The van der Waals surface area contributed by atoms with Crippen molar-refractivity contribution in [3.8, 4) is 5.75 Å². The molecule has 5 heteroatoms. The van der Waals surface area contributed by atoms with Gasteiger partial charge in [0.05, 0.1) is 0 Å². The van der Waals surface area contributed by atoms with Crippen LogP contribution in [0.25, 0.3) is 5.57 Å². The molecule has 3 aromatic rings. The molecule has 154 valence electrons. The second-order valence-electron chi connectivity index (χ2n) is 6.62. The number of ether oxygens (including phenoxy) is 1. The van der Waals surface area contributed by atoms with Crippen molar-refractivity contribution in [2.24, 2.45) is 0 Å². The van der Waals surface area contributed by atoms with E-state index in [0.717, 1.165) is 21.5 Å². The largest absolute Gasteiger partial charge is 0.482 e. The van der Waals surface area contributed by atoms with Gasteiger partial charge in [0.2, 0.25) is 0 Å². The van der Waals surface area contributed by atoms with Crippen molar-refractivity contribution in [1.29, 1.82) is 0 Å². The van der Waals surface area contributed by atoms with Crippen molar-refractivity contribution in [1.82, 2.24) is 0 Å². The van der Waals surface area contributed by atoms with E-state index in [4.69, 9.17) is 9.84 Å². The number of benzene rings is 3. The van der Waals surface area contributed by atoms with E-state index in [1.807, 2.05) is 12.1 Å². The fraction of sp³-hybridized carbons (Fsp3) is 0.160. The molecule has 0 saturated heterocycles. The number of carbonyl (C=O) groups is 1. The predicted molar refractivity (Wildman–Crippen MR) is 127 cm³/mol. The molecule has 0 radical (unpaired) electrons. The Kier molecular flexibility index (Phi) is 8.17. The molecule has 0 aliphatic rings. The first-order valence-corrected chi connectivity index (χ1v) is 11.5. The molecule has 0 heterocycles. The van der Waals surface area contributed by atoms with E-state index in [2.05, 4.69) is 77.5 Å². The minimum atomic E-state index is -0.990. The number of carboxylic acids is 1. The summed E-state index contributed by atoms with van der Waals surface area (Å²) in [6.45, 7) is 1.82. The van der Waals surface area contributed by atoms with E-state index in [1.165, 1.54) is 22.3 Å². The van der Waals surface area contributed by atoms with Crippen LogP contribution < -0.4 is 4.74 Å². The Bertz CT molecular complexity index is 1030. The van der Waals surface area contributed by atoms with E-state index in [-0.39, 0.29) is 6.61 Å². The fourth-order valence-corrected chi connectivity index (χ4v) is 4.52. The second-order valence-corrected chi connectivity index (χ2v) is 8.54. The van der Waals surface area contributed by atoms with Crippen LogP contribution in [0.2, 0.25) is 0 Å². The summed E-state index contributed by atoms with van der Waals surface area (Å²) in [5.41, 5.74) is 4.96. The van der Waals surface area contributed by atoms with Gasteiger partial charge < -0.3 is 9.84 Å². The molecular weight excluding hydrogens is 460 g/mol. The maximum atomic E-state index is 10.7. The molecule has 0 atom stereocenters. The molecule has 0 amide bonds. The zero-order valence-corrected chi connectivity index (χ0v) is 19.1. The molecule has 0 aromatic heterocycles. The Morgan fingerprint density at radius 2 is 1.80 bits per heavy atom. The lowest BCUT2D eigenvalue weighted by Gasteiger charge is -2.11. The van der Waals surface area contributed by atoms with Gasteiger partial charge in [-0.05, 0) is 62.8 Å². The number of rotatable bonds is 9. The van der Waals surface area contributed by atoms with Gasteiger partial charge >= 0.3 is 5.97 Å². The average molecular weight is 483 g/mol. The van der Waals surface area contributed by atoms with Crippen LogP contribution >= 0.6 is 27.7 Å². The van der Waals surface area contributed by atoms with Crippen LogP contribution in [-0.4, -0.2) is 23.4 Å². The lowest BCUT2D eigenvalue weighted by atomic mass is 9.96. The van der Waals surface area contributed by atoms with Crippen LogP contribution in [0, 0.1) is 0 Å². The van der Waals surface area contributed by atoms with Gasteiger partial charge in [0.1, 0.15) is 5.75 Å². The Balaban J connectivity index is 1.79. The Labute approximate surface area is 189 Å². The molecule has 3 rings (SSSR count). The zero-order chi connectivity index (χ0) is 21.3. The summed E-state index contributed by atoms with van der Waals surface area (Å²) in [4.78, 5) is 11.7. The number of carboxylic acid groups (broad SMARTS) is 1. The fourth-order valence-electron chi connectivity index (χ4n) is 3.03. The summed E-state index contributed by atoms with van der Waals surface area (Å²) in [5, 5.41) is 8.74. The molecular formula is C25H23BrO3S. The average Bonchev–Trinajstić information content (AvgIpc) is 2.77. The highest BCUT2D eigenvalue weighted by Crippen LogP contribution is 2.32. The molecule has 0 unspecified atom stereocenters. The van der Waals surface area contributed by atoms with Crippen LogP contribution in [0.5, 0.6) is 5.75 Å². The van der Waals surface area contributed by atoms with E-state index >= 15 is 0 Å². The lowest BCUT2D eigenvalue weighted by molar-refractivity contribution is -0.139. The van der Waals surface area contributed by atoms with Crippen LogP contribution in [0.15, 0.2) is 88.2 Å². The second kappa shape index (κ2) is 11.0. The van der Waals surface area contributed by atoms with Gasteiger partial charge in [-0.1, -0.05) is 67.6 Å². The summed E-state index contributed by atoms with van der Waals surface area (Å²) in [6.07, 6.45) is 3.27. The molecule has 0 saturated carbocycles. The van der Waals surface area contributed by atoms with E-state index in [0.29, 0.717) is 5.75 Å². The van der Waals surface area contributed by atoms with Gasteiger partial charge in [-0.25, -0.2) is 4.79 Å². The van der Waals surface area contributed by atoms with Crippen molar-refractivity contribution < 1.29 is 14.6 Å². The third kappa shape index (κ3) is 6.25. The van der Waals surface area contributed by atoms with Crippen molar-refractivity contribution in [2.45, 2.75) is 18.2 Å². The lowest BCUT2D eigenvalue weighted by Crippen LogP contribution is -2.09. The minimum absolute atomic E-state index is 0.348. The molecule has 0 spiro atoms. The zero-order valence-electron chi connectivity index (χ0n) is 16.7. The monoisotopic (exact) mass is 482 g/mol. The Hall–Kier alpha value is -2.50. The molecule has 1 N–H and O–H groups in total. The Morgan fingerprint density at radius 1 is 1.03 bits per heavy atom. The number of aryl methyl sites for hydroxylation is 1. The molecule has 0 aliphatic carbocycles. The highest BCUT2D eigenvalue weighted by molar-refractivity contribution is 9.10. The molecule has 0 fully saturated rings. The van der Waals surface area contributed by atoms with E-state index in [9.17, 15) is 4.79 Å². The molecule has 30 heavy (non-hydrogen) atoms. The van der Waals surface area contributed by atoms with Gasteiger partial charge in [-0.2, -0.15) is 0 Å². The van der Waals surface area contributed by atoms with Crippen LogP contribution in [-0.2, 0) is 11.2 Å². The summed E-state index contributed by atoms with van der Waals surface area (Å²) >= 11 is 5.27. The smallest absolute Gasteiger partial charge is 0.341 e. The number of halogens is 1. The van der Waals surface area contributed by atoms with Gasteiger partial charge in [0.15, 0.2) is 6.61 Å². The SMILES string of the molecule is CCc1cccc(/C(=C\CSc2ccc(OCC(=O)O)cc2Br)c2ccccc2)c1. The van der Waals surface area contributed by atoms with Crippen molar-refractivity contribution >= 4 is 39.2 Å². The number of aliphatic carboxylic acids is 1. The van der Waals surface area contributed by atoms with E-state index < -0.39 is 5.97 Å². The van der Waals surface area contributed by atoms with Gasteiger partial charge in [0, 0.05) is 15.1 Å². The van der Waals surface area contributed by atoms with Gasteiger partial charge in [-0.15, -0.1) is 11.8 Å². The van der Waals surface area contributed by atoms with Crippen LogP contribution in [0.4, 0.5) is 0 Å². The third-order valence-corrected chi connectivity index (χ3v) is 6.44. The van der Waals surface area contributed by atoms with Gasteiger partial charge in [0.25, 0.3) is 0 Å². The maximum absolute atomic E-state index is 10.7.